The van der Waals surface area contributed by atoms with Gasteiger partial charge >= 0.3 is 0 Å². The molecule has 0 radical (unpaired) electrons. The average molecular weight is 351 g/mol. The summed E-state index contributed by atoms with van der Waals surface area (Å²) in [7, 11) is 0. The highest BCUT2D eigenvalue weighted by molar-refractivity contribution is 5.98. The third kappa shape index (κ3) is 3.73. The number of nitrogen functional groups attached to an aromatic ring is 1. The molecule has 0 unspecified atom stereocenters. The van der Waals surface area contributed by atoms with Crippen molar-refractivity contribution in [3.63, 3.8) is 0 Å². The highest BCUT2D eigenvalue weighted by atomic mass is 14.5. The van der Waals surface area contributed by atoms with Gasteiger partial charge in [0.2, 0.25) is 0 Å². The van der Waals surface area contributed by atoms with Gasteiger partial charge in [-0.15, -0.1) is 0 Å². The minimum absolute atomic E-state index is 0.796. The van der Waals surface area contributed by atoms with Crippen LogP contribution in [0, 0.1) is 0 Å². The molecule has 0 heterocycles. The van der Waals surface area contributed by atoms with Crippen LogP contribution in [0.4, 0.5) is 5.69 Å². The van der Waals surface area contributed by atoms with E-state index in [0.717, 1.165) is 12.1 Å². The molecule has 0 bridgehead atoms. The van der Waals surface area contributed by atoms with Crippen LogP contribution in [0.15, 0.2) is 84.9 Å². The molecule has 0 saturated heterocycles. The van der Waals surface area contributed by atoms with E-state index in [4.69, 9.17) is 5.73 Å². The Labute approximate surface area is 161 Å². The molecule has 2 N–H and O–H groups in total. The monoisotopic (exact) mass is 351 g/mol. The number of nitrogens with two attached hydrogens (primary N) is 1. The van der Waals surface area contributed by atoms with Crippen molar-refractivity contribution in [2.24, 2.45) is 0 Å². The molecule has 4 aromatic carbocycles. The number of unbranched alkanes of at least 4 members (excludes halogenated alkanes) is 1. The Balaban J connectivity index is 1.71. The van der Waals surface area contributed by atoms with Crippen LogP contribution >= 0.6 is 0 Å². The van der Waals surface area contributed by atoms with Crippen LogP contribution in [0.2, 0.25) is 0 Å². The predicted octanol–water partition coefficient (Wildman–Crippen LogP) is 7.10. The van der Waals surface area contributed by atoms with Crippen molar-refractivity contribution in [1.82, 2.24) is 0 Å². The molecule has 0 aliphatic heterocycles. The van der Waals surface area contributed by atoms with Crippen molar-refractivity contribution in [3.05, 3.63) is 90.5 Å². The quantitative estimate of drug-likeness (QED) is 0.381. The molecular weight excluding hydrogens is 326 g/mol. The van der Waals surface area contributed by atoms with E-state index in [1.807, 2.05) is 12.1 Å². The normalized spacial score (nSPS) is 11.0. The highest BCUT2D eigenvalue weighted by Crippen LogP contribution is 2.32. The number of hydrogen-bond acceptors (Lipinski definition) is 1. The zero-order valence-electron chi connectivity index (χ0n) is 15.8. The van der Waals surface area contributed by atoms with Crippen molar-refractivity contribution in [1.29, 1.82) is 0 Å². The summed E-state index contributed by atoms with van der Waals surface area (Å²) in [6.45, 7) is 2.24. The number of aryl methyl sites for hydroxylation is 1. The van der Waals surface area contributed by atoms with Gasteiger partial charge in [0.25, 0.3) is 0 Å². The minimum atomic E-state index is 0.796. The molecule has 134 valence electrons. The lowest BCUT2D eigenvalue weighted by Gasteiger charge is -2.10. The number of fused-ring (bicyclic) bond motifs is 1. The van der Waals surface area contributed by atoms with E-state index >= 15 is 0 Å². The van der Waals surface area contributed by atoms with Crippen LogP contribution in [-0.2, 0) is 6.42 Å². The molecule has 0 saturated carbocycles. The second kappa shape index (κ2) is 7.67. The van der Waals surface area contributed by atoms with Gasteiger partial charge in [-0.25, -0.2) is 0 Å². The summed E-state index contributed by atoms with van der Waals surface area (Å²) in [6.07, 6.45) is 3.65. The predicted molar refractivity (Wildman–Crippen MR) is 118 cm³/mol. The van der Waals surface area contributed by atoms with Gasteiger partial charge in [-0.3, -0.25) is 0 Å². The fourth-order valence-electron chi connectivity index (χ4n) is 3.62. The van der Waals surface area contributed by atoms with E-state index in [2.05, 4.69) is 79.7 Å². The summed E-state index contributed by atoms with van der Waals surface area (Å²) < 4.78 is 0. The number of rotatable bonds is 5. The number of anilines is 1. The Morgan fingerprint density at radius 1 is 0.704 bits per heavy atom. The zero-order valence-corrected chi connectivity index (χ0v) is 15.8. The molecule has 0 atom stereocenters. The lowest BCUT2D eigenvalue weighted by atomic mass is 9.94. The first kappa shape index (κ1) is 17.4. The molecule has 0 aliphatic carbocycles. The van der Waals surface area contributed by atoms with Crippen LogP contribution in [0.25, 0.3) is 33.0 Å². The van der Waals surface area contributed by atoms with Crippen LogP contribution in [-0.4, -0.2) is 0 Å². The summed E-state index contributed by atoms with van der Waals surface area (Å²) in [5.74, 6) is 0. The fourth-order valence-corrected chi connectivity index (χ4v) is 3.62. The topological polar surface area (TPSA) is 26.0 Å². The third-order valence-corrected chi connectivity index (χ3v) is 5.21. The third-order valence-electron chi connectivity index (χ3n) is 5.21. The first-order chi connectivity index (χ1) is 13.2. The van der Waals surface area contributed by atoms with Gasteiger partial charge in [0.05, 0.1) is 0 Å². The Morgan fingerprint density at radius 3 is 2.15 bits per heavy atom. The summed E-state index contributed by atoms with van der Waals surface area (Å²) >= 11 is 0. The molecule has 0 aliphatic rings. The maximum atomic E-state index is 5.82. The van der Waals surface area contributed by atoms with Crippen LogP contribution in [0.3, 0.4) is 0 Å². The molecule has 27 heavy (non-hydrogen) atoms. The second-order valence-electron chi connectivity index (χ2n) is 7.16. The van der Waals surface area contributed by atoms with Gasteiger partial charge in [-0.1, -0.05) is 80.1 Å². The maximum Gasteiger partial charge on any atom is 0.0314 e. The summed E-state index contributed by atoms with van der Waals surface area (Å²) in [5, 5.41) is 2.55. The van der Waals surface area contributed by atoms with Crippen molar-refractivity contribution in [2.45, 2.75) is 26.2 Å². The van der Waals surface area contributed by atoms with Gasteiger partial charge < -0.3 is 5.73 Å². The van der Waals surface area contributed by atoms with E-state index in [-0.39, 0.29) is 0 Å². The van der Waals surface area contributed by atoms with Crippen molar-refractivity contribution >= 4 is 16.5 Å². The molecule has 0 spiro atoms. The van der Waals surface area contributed by atoms with Gasteiger partial charge in [0, 0.05) is 5.69 Å². The zero-order chi connectivity index (χ0) is 18.6. The van der Waals surface area contributed by atoms with E-state index in [0.29, 0.717) is 0 Å². The summed E-state index contributed by atoms with van der Waals surface area (Å²) in [6, 6.07) is 30.4. The van der Waals surface area contributed by atoms with Crippen molar-refractivity contribution in [3.8, 4) is 22.3 Å². The Morgan fingerprint density at radius 2 is 1.41 bits per heavy atom. The number of benzene rings is 4. The SMILES string of the molecule is CCCCc1ccc(-c2cccc3cc(-c4ccc(N)cc4)ccc23)cc1. The second-order valence-corrected chi connectivity index (χ2v) is 7.16. The summed E-state index contributed by atoms with van der Waals surface area (Å²) in [4.78, 5) is 0. The Kier molecular flexibility index (Phi) is 4.93. The molecule has 0 aromatic heterocycles. The Hall–Kier alpha value is -3.06. The molecule has 1 heteroatoms. The molecule has 4 rings (SSSR count). The Bertz CT molecular complexity index is 1040. The lowest BCUT2D eigenvalue weighted by molar-refractivity contribution is 0.795. The largest absolute Gasteiger partial charge is 0.399 e. The summed E-state index contributed by atoms with van der Waals surface area (Å²) in [5.41, 5.74) is 13.0. The standard InChI is InChI=1S/C26H25N/c1-2-3-5-19-8-10-21(11-9-19)25-7-4-6-23-18-22(14-17-26(23)25)20-12-15-24(27)16-13-20/h4,6-18H,2-3,5,27H2,1H3. The molecule has 0 fully saturated rings. The van der Waals surface area contributed by atoms with E-state index in [1.165, 1.54) is 51.4 Å². The van der Waals surface area contributed by atoms with E-state index < -0.39 is 0 Å². The molecular formula is C26H25N. The van der Waals surface area contributed by atoms with Gasteiger partial charge in [-0.2, -0.15) is 0 Å². The van der Waals surface area contributed by atoms with Gasteiger partial charge in [-0.05, 0) is 69.6 Å². The van der Waals surface area contributed by atoms with Gasteiger partial charge in [0.1, 0.15) is 0 Å². The first-order valence-corrected chi connectivity index (χ1v) is 9.72. The fraction of sp³-hybridized carbons (Fsp3) is 0.154. The van der Waals surface area contributed by atoms with Crippen LogP contribution in [0.5, 0.6) is 0 Å². The van der Waals surface area contributed by atoms with E-state index in [1.54, 1.807) is 0 Å². The van der Waals surface area contributed by atoms with Crippen molar-refractivity contribution < 1.29 is 0 Å². The van der Waals surface area contributed by atoms with Gasteiger partial charge in [0.15, 0.2) is 0 Å². The lowest BCUT2D eigenvalue weighted by Crippen LogP contribution is -1.87. The molecule has 0 amide bonds. The molecule has 4 aromatic rings. The van der Waals surface area contributed by atoms with E-state index in [9.17, 15) is 0 Å². The van der Waals surface area contributed by atoms with Crippen LogP contribution < -0.4 is 5.73 Å². The number of hydrogen-bond donors (Lipinski definition) is 1. The highest BCUT2D eigenvalue weighted by Gasteiger charge is 2.06. The van der Waals surface area contributed by atoms with Crippen LogP contribution in [0.1, 0.15) is 25.3 Å². The smallest absolute Gasteiger partial charge is 0.0314 e. The minimum Gasteiger partial charge on any atom is -0.399 e. The first-order valence-electron chi connectivity index (χ1n) is 9.72. The molecule has 1 nitrogen and oxygen atoms in total. The average Bonchev–Trinajstić information content (AvgIpc) is 2.72. The van der Waals surface area contributed by atoms with Crippen molar-refractivity contribution in [2.75, 3.05) is 5.73 Å². The maximum absolute atomic E-state index is 5.82.